The Kier molecular flexibility index (Phi) is 5.11. The van der Waals surface area contributed by atoms with Crippen LogP contribution in [-0.4, -0.2) is 25.7 Å². The fourth-order valence-corrected chi connectivity index (χ4v) is 3.19. The summed E-state index contributed by atoms with van der Waals surface area (Å²) in [5, 5.41) is 7.25. The van der Waals surface area contributed by atoms with Gasteiger partial charge in [-0.25, -0.2) is 0 Å². The monoisotopic (exact) mass is 224 g/mol. The zero-order valence-corrected chi connectivity index (χ0v) is 10.8. The molecule has 94 valence electrons. The maximum atomic E-state index is 3.81. The summed E-state index contributed by atoms with van der Waals surface area (Å²) in [6.07, 6.45) is 9.89. The molecule has 0 amide bonds. The molecule has 1 heterocycles. The van der Waals surface area contributed by atoms with E-state index in [0.717, 1.165) is 17.9 Å². The molecular formula is C14H28N2. The van der Waals surface area contributed by atoms with Crippen molar-refractivity contribution in [3.63, 3.8) is 0 Å². The van der Waals surface area contributed by atoms with Crippen LogP contribution in [0.4, 0.5) is 0 Å². The van der Waals surface area contributed by atoms with Crippen LogP contribution < -0.4 is 10.6 Å². The van der Waals surface area contributed by atoms with Gasteiger partial charge in [-0.2, -0.15) is 0 Å². The molecule has 0 aromatic carbocycles. The van der Waals surface area contributed by atoms with Crippen molar-refractivity contribution in [2.75, 3.05) is 19.6 Å². The molecule has 1 saturated heterocycles. The molecule has 1 aliphatic carbocycles. The number of rotatable bonds is 4. The molecule has 2 nitrogen and oxygen atoms in total. The van der Waals surface area contributed by atoms with Gasteiger partial charge >= 0.3 is 0 Å². The predicted molar refractivity (Wildman–Crippen MR) is 69.6 cm³/mol. The van der Waals surface area contributed by atoms with Crippen molar-refractivity contribution in [2.24, 2.45) is 11.8 Å². The van der Waals surface area contributed by atoms with E-state index in [9.17, 15) is 0 Å². The molecule has 0 spiro atoms. The summed E-state index contributed by atoms with van der Waals surface area (Å²) >= 11 is 0. The van der Waals surface area contributed by atoms with Crippen molar-refractivity contribution in [3.8, 4) is 0 Å². The molecule has 0 aromatic heterocycles. The summed E-state index contributed by atoms with van der Waals surface area (Å²) < 4.78 is 0. The van der Waals surface area contributed by atoms with E-state index < -0.39 is 0 Å². The Bertz CT molecular complexity index is 179. The van der Waals surface area contributed by atoms with Gasteiger partial charge in [0.15, 0.2) is 0 Å². The van der Waals surface area contributed by atoms with E-state index in [1.54, 1.807) is 0 Å². The predicted octanol–water partition coefficient (Wildman–Crippen LogP) is 2.54. The molecule has 2 fully saturated rings. The Morgan fingerprint density at radius 2 is 1.62 bits per heavy atom. The molecular weight excluding hydrogens is 196 g/mol. The van der Waals surface area contributed by atoms with E-state index in [1.165, 1.54) is 64.6 Å². The van der Waals surface area contributed by atoms with E-state index in [-0.39, 0.29) is 0 Å². The summed E-state index contributed by atoms with van der Waals surface area (Å²) in [5.74, 6) is 1.96. The first-order chi connectivity index (χ1) is 7.88. The molecule has 2 rings (SSSR count). The van der Waals surface area contributed by atoms with Crippen LogP contribution in [0.1, 0.15) is 51.9 Å². The lowest BCUT2D eigenvalue weighted by Gasteiger charge is -2.31. The lowest BCUT2D eigenvalue weighted by Crippen LogP contribution is -2.39. The summed E-state index contributed by atoms with van der Waals surface area (Å²) in [6.45, 7) is 6.07. The van der Waals surface area contributed by atoms with Crippen LogP contribution in [0.5, 0.6) is 0 Å². The second-order valence-corrected chi connectivity index (χ2v) is 5.73. The fraction of sp³-hybridized carbons (Fsp3) is 1.00. The van der Waals surface area contributed by atoms with Gasteiger partial charge in [0.2, 0.25) is 0 Å². The number of piperidine rings is 1. The zero-order valence-electron chi connectivity index (χ0n) is 10.8. The highest BCUT2D eigenvalue weighted by molar-refractivity contribution is 4.79. The standard InChI is InChI=1S/C14H28N2/c1-2-12-3-5-14(6-4-12)16-11-13-7-9-15-10-8-13/h12-16H,2-11H2,1H3. The minimum atomic E-state index is 0.831. The average molecular weight is 224 g/mol. The second kappa shape index (κ2) is 6.61. The summed E-state index contributed by atoms with van der Waals surface area (Å²) in [6, 6.07) is 0.831. The van der Waals surface area contributed by atoms with Crippen molar-refractivity contribution < 1.29 is 0 Å². The van der Waals surface area contributed by atoms with E-state index >= 15 is 0 Å². The van der Waals surface area contributed by atoms with Crippen LogP contribution in [0.2, 0.25) is 0 Å². The molecule has 1 aliphatic heterocycles. The van der Waals surface area contributed by atoms with Gasteiger partial charge in [0.25, 0.3) is 0 Å². The second-order valence-electron chi connectivity index (χ2n) is 5.73. The van der Waals surface area contributed by atoms with Crippen LogP contribution in [-0.2, 0) is 0 Å². The minimum Gasteiger partial charge on any atom is -0.317 e. The van der Waals surface area contributed by atoms with Crippen LogP contribution >= 0.6 is 0 Å². The van der Waals surface area contributed by atoms with Gasteiger partial charge in [-0.05, 0) is 70.0 Å². The van der Waals surface area contributed by atoms with Gasteiger partial charge in [0.05, 0.1) is 0 Å². The fourth-order valence-electron chi connectivity index (χ4n) is 3.19. The topological polar surface area (TPSA) is 24.1 Å². The highest BCUT2D eigenvalue weighted by Crippen LogP contribution is 2.26. The molecule has 16 heavy (non-hydrogen) atoms. The molecule has 0 atom stereocenters. The minimum absolute atomic E-state index is 0.831. The Morgan fingerprint density at radius 3 is 2.25 bits per heavy atom. The van der Waals surface area contributed by atoms with Gasteiger partial charge < -0.3 is 10.6 Å². The number of hydrogen-bond acceptors (Lipinski definition) is 2. The third-order valence-corrected chi connectivity index (χ3v) is 4.58. The normalized spacial score (nSPS) is 32.8. The first kappa shape index (κ1) is 12.4. The van der Waals surface area contributed by atoms with Crippen molar-refractivity contribution in [1.82, 2.24) is 10.6 Å². The molecule has 1 saturated carbocycles. The molecule has 0 unspecified atom stereocenters. The molecule has 2 N–H and O–H groups in total. The van der Waals surface area contributed by atoms with Gasteiger partial charge in [0, 0.05) is 6.04 Å². The number of nitrogens with one attached hydrogen (secondary N) is 2. The van der Waals surface area contributed by atoms with E-state index in [4.69, 9.17) is 0 Å². The summed E-state index contributed by atoms with van der Waals surface area (Å²) in [7, 11) is 0. The third-order valence-electron chi connectivity index (χ3n) is 4.58. The summed E-state index contributed by atoms with van der Waals surface area (Å²) in [5.41, 5.74) is 0. The van der Waals surface area contributed by atoms with Crippen molar-refractivity contribution >= 4 is 0 Å². The first-order valence-electron chi connectivity index (χ1n) is 7.32. The Balaban J connectivity index is 1.59. The highest BCUT2D eigenvalue weighted by atomic mass is 14.9. The molecule has 0 aromatic rings. The van der Waals surface area contributed by atoms with Crippen molar-refractivity contribution in [1.29, 1.82) is 0 Å². The summed E-state index contributed by atoms with van der Waals surface area (Å²) in [4.78, 5) is 0. The lowest BCUT2D eigenvalue weighted by atomic mass is 9.84. The Hall–Kier alpha value is -0.0800. The zero-order chi connectivity index (χ0) is 11.2. The van der Waals surface area contributed by atoms with Gasteiger partial charge in [-0.1, -0.05) is 13.3 Å². The van der Waals surface area contributed by atoms with E-state index in [2.05, 4.69) is 17.6 Å². The maximum Gasteiger partial charge on any atom is 0.00673 e. The highest BCUT2D eigenvalue weighted by Gasteiger charge is 2.20. The number of hydrogen-bond donors (Lipinski definition) is 2. The van der Waals surface area contributed by atoms with Crippen LogP contribution in [0.15, 0.2) is 0 Å². The molecule has 2 heteroatoms. The van der Waals surface area contributed by atoms with Gasteiger partial charge in [-0.15, -0.1) is 0 Å². The first-order valence-corrected chi connectivity index (χ1v) is 7.32. The third kappa shape index (κ3) is 3.74. The van der Waals surface area contributed by atoms with Crippen LogP contribution in [0, 0.1) is 11.8 Å². The average Bonchev–Trinajstić information content (AvgIpc) is 2.38. The maximum absolute atomic E-state index is 3.81. The van der Waals surface area contributed by atoms with Gasteiger partial charge in [-0.3, -0.25) is 0 Å². The Morgan fingerprint density at radius 1 is 0.938 bits per heavy atom. The van der Waals surface area contributed by atoms with E-state index in [0.29, 0.717) is 0 Å². The smallest absolute Gasteiger partial charge is 0.00673 e. The van der Waals surface area contributed by atoms with E-state index in [1.807, 2.05) is 0 Å². The molecule has 2 aliphatic rings. The van der Waals surface area contributed by atoms with Crippen molar-refractivity contribution in [2.45, 2.75) is 57.9 Å². The largest absolute Gasteiger partial charge is 0.317 e. The Labute approximate surface area is 101 Å². The quantitative estimate of drug-likeness (QED) is 0.767. The van der Waals surface area contributed by atoms with Crippen LogP contribution in [0.25, 0.3) is 0 Å². The van der Waals surface area contributed by atoms with Gasteiger partial charge in [0.1, 0.15) is 0 Å². The lowest BCUT2D eigenvalue weighted by molar-refractivity contribution is 0.264. The SMILES string of the molecule is CCC1CCC(NCC2CCNCC2)CC1. The van der Waals surface area contributed by atoms with Crippen LogP contribution in [0.3, 0.4) is 0 Å². The molecule has 0 bridgehead atoms. The van der Waals surface area contributed by atoms with Crippen molar-refractivity contribution in [3.05, 3.63) is 0 Å². The molecule has 0 radical (unpaired) electrons.